The van der Waals surface area contributed by atoms with Crippen LogP contribution < -0.4 is 0 Å². The molecule has 0 atom stereocenters. The Morgan fingerprint density at radius 2 is 1.87 bits per heavy atom. The van der Waals surface area contributed by atoms with Crippen molar-refractivity contribution < 1.29 is 9.94 Å². The molecule has 1 fully saturated rings. The van der Waals surface area contributed by atoms with Crippen LogP contribution >= 0.6 is 0 Å². The lowest BCUT2D eigenvalue weighted by Crippen LogP contribution is -2.25. The van der Waals surface area contributed by atoms with Gasteiger partial charge in [-0.05, 0) is 68.0 Å². The molecule has 4 nitrogen and oxygen atoms in total. The van der Waals surface area contributed by atoms with E-state index in [1.807, 2.05) is 33.8 Å². The Morgan fingerprint density at radius 3 is 2.52 bits per heavy atom. The molecule has 1 aliphatic carbocycles. The van der Waals surface area contributed by atoms with Crippen molar-refractivity contribution in [1.29, 1.82) is 0 Å². The smallest absolute Gasteiger partial charge is 0.0631 e. The molecule has 2 aliphatic rings. The topological polar surface area (TPSA) is 35.9 Å². The minimum absolute atomic E-state index is 0.0277. The van der Waals surface area contributed by atoms with Crippen LogP contribution in [0.3, 0.4) is 0 Å². The second-order valence-corrected chi connectivity index (χ2v) is 8.80. The zero-order valence-electron chi connectivity index (χ0n) is 20.8. The number of hydrogen-bond acceptors (Lipinski definition) is 4. The maximum Gasteiger partial charge on any atom is 0.0631 e. The molecule has 0 radical (unpaired) electrons. The Labute approximate surface area is 190 Å². The van der Waals surface area contributed by atoms with Gasteiger partial charge in [0.2, 0.25) is 0 Å². The first-order valence-electron chi connectivity index (χ1n) is 11.6. The predicted octanol–water partition coefficient (Wildman–Crippen LogP) is 6.29. The van der Waals surface area contributed by atoms with Gasteiger partial charge in [-0.2, -0.15) is 0 Å². The second kappa shape index (κ2) is 13.5. The molecule has 1 saturated heterocycles. The molecule has 0 saturated carbocycles. The molecule has 31 heavy (non-hydrogen) atoms. The molecule has 1 aliphatic heterocycles. The first kappa shape index (κ1) is 27.2. The fourth-order valence-electron chi connectivity index (χ4n) is 3.76. The van der Waals surface area contributed by atoms with Crippen molar-refractivity contribution >= 4 is 5.57 Å². The van der Waals surface area contributed by atoms with Gasteiger partial charge in [0.25, 0.3) is 0 Å². The SMILES string of the molecule is C=C/C(=C\C=C1/CC(C)(C)c2ccccc21)N(O)C(C)C.CC.CN1CCCOCC1. The number of hydrogen-bond donors (Lipinski definition) is 1. The molecule has 0 bridgehead atoms. The first-order chi connectivity index (χ1) is 14.8. The van der Waals surface area contributed by atoms with E-state index < -0.39 is 0 Å². The van der Waals surface area contributed by atoms with Crippen LogP contribution in [0, 0.1) is 0 Å². The van der Waals surface area contributed by atoms with Crippen molar-refractivity contribution in [1.82, 2.24) is 9.96 Å². The van der Waals surface area contributed by atoms with Crippen molar-refractivity contribution in [3.8, 4) is 0 Å². The van der Waals surface area contributed by atoms with E-state index in [1.54, 1.807) is 6.08 Å². The molecule has 0 amide bonds. The molecule has 4 heteroatoms. The lowest BCUT2D eigenvalue weighted by molar-refractivity contribution is -0.0777. The maximum atomic E-state index is 10.0. The molecule has 1 N–H and O–H groups in total. The van der Waals surface area contributed by atoms with Crippen molar-refractivity contribution in [2.75, 3.05) is 33.4 Å². The molecular weight excluding hydrogens is 384 g/mol. The Balaban J connectivity index is 0.000000400. The van der Waals surface area contributed by atoms with Crippen LogP contribution in [0.5, 0.6) is 0 Å². The average Bonchev–Trinajstić information content (AvgIpc) is 2.89. The van der Waals surface area contributed by atoms with E-state index in [4.69, 9.17) is 4.74 Å². The third-order valence-electron chi connectivity index (χ3n) is 5.50. The lowest BCUT2D eigenvalue weighted by atomic mass is 9.86. The maximum absolute atomic E-state index is 10.0. The quantitative estimate of drug-likeness (QED) is 0.452. The number of rotatable bonds is 4. The molecule has 0 unspecified atom stereocenters. The number of allylic oxidation sites excluding steroid dienone is 4. The van der Waals surface area contributed by atoms with Crippen molar-refractivity contribution in [2.45, 2.75) is 65.8 Å². The van der Waals surface area contributed by atoms with Crippen molar-refractivity contribution in [3.05, 3.63) is 65.9 Å². The van der Waals surface area contributed by atoms with Crippen LogP contribution in [-0.4, -0.2) is 54.6 Å². The summed E-state index contributed by atoms with van der Waals surface area (Å²) >= 11 is 0. The van der Waals surface area contributed by atoms with Crippen molar-refractivity contribution in [2.24, 2.45) is 0 Å². The highest BCUT2D eigenvalue weighted by atomic mass is 16.5. The molecular formula is C27H44N2O2. The van der Waals surface area contributed by atoms with Crippen LogP contribution in [0.25, 0.3) is 5.57 Å². The van der Waals surface area contributed by atoms with E-state index >= 15 is 0 Å². The van der Waals surface area contributed by atoms with Gasteiger partial charge in [-0.15, -0.1) is 0 Å². The number of nitrogens with zero attached hydrogens (tertiary/aromatic N) is 2. The summed E-state index contributed by atoms with van der Waals surface area (Å²) in [5, 5.41) is 11.3. The highest BCUT2D eigenvalue weighted by Crippen LogP contribution is 2.45. The Kier molecular flexibility index (Phi) is 11.8. The van der Waals surface area contributed by atoms with Crippen molar-refractivity contribution in [3.63, 3.8) is 0 Å². The highest BCUT2D eigenvalue weighted by Gasteiger charge is 2.32. The lowest BCUT2D eigenvalue weighted by Gasteiger charge is -2.21. The molecule has 174 valence electrons. The molecule has 1 heterocycles. The monoisotopic (exact) mass is 428 g/mol. The van der Waals surface area contributed by atoms with Gasteiger partial charge in [0.15, 0.2) is 0 Å². The summed E-state index contributed by atoms with van der Waals surface area (Å²) in [5.74, 6) is 0. The molecule has 0 spiro atoms. The normalized spacial score (nSPS) is 19.5. The van der Waals surface area contributed by atoms with Gasteiger partial charge in [-0.1, -0.05) is 64.6 Å². The van der Waals surface area contributed by atoms with E-state index in [9.17, 15) is 5.21 Å². The van der Waals surface area contributed by atoms with Gasteiger partial charge < -0.3 is 9.64 Å². The van der Waals surface area contributed by atoms with Gasteiger partial charge in [-0.3, -0.25) is 10.3 Å². The largest absolute Gasteiger partial charge is 0.380 e. The number of benzene rings is 1. The van der Waals surface area contributed by atoms with Crippen LogP contribution in [0.1, 0.15) is 65.5 Å². The number of likely N-dealkylation sites (N-methyl/N-ethyl adjacent to an activating group) is 1. The third-order valence-corrected chi connectivity index (χ3v) is 5.50. The fourth-order valence-corrected chi connectivity index (χ4v) is 3.76. The Morgan fingerprint density at radius 1 is 1.19 bits per heavy atom. The predicted molar refractivity (Wildman–Crippen MR) is 133 cm³/mol. The molecule has 1 aromatic carbocycles. The third kappa shape index (κ3) is 8.29. The number of ether oxygens (including phenoxy) is 1. The summed E-state index contributed by atoms with van der Waals surface area (Å²) in [5.41, 5.74) is 4.92. The van der Waals surface area contributed by atoms with Gasteiger partial charge in [-0.25, -0.2) is 0 Å². The Bertz CT molecular complexity index is 727. The molecule has 3 rings (SSSR count). The van der Waals surface area contributed by atoms with Crippen LogP contribution in [0.4, 0.5) is 0 Å². The first-order valence-corrected chi connectivity index (χ1v) is 11.6. The fraction of sp³-hybridized carbons (Fsp3) is 0.556. The Hall–Kier alpha value is -1.88. The van der Waals surface area contributed by atoms with Gasteiger partial charge in [0.1, 0.15) is 0 Å². The van der Waals surface area contributed by atoms with Crippen LogP contribution in [0.2, 0.25) is 0 Å². The average molecular weight is 429 g/mol. The summed E-state index contributed by atoms with van der Waals surface area (Å²) in [4.78, 5) is 2.30. The van der Waals surface area contributed by atoms with E-state index in [2.05, 4.69) is 62.7 Å². The summed E-state index contributed by atoms with van der Waals surface area (Å²) in [6.07, 6.45) is 7.94. The second-order valence-electron chi connectivity index (χ2n) is 8.80. The van der Waals surface area contributed by atoms with Gasteiger partial charge in [0.05, 0.1) is 18.3 Å². The standard InChI is InChI=1S/C19H25NO.C6H13NO.C2H6/c1-6-16(20(21)14(2)3)12-11-15-13-19(4,5)18-10-8-7-9-17(15)18;1-7-3-2-5-8-6-4-7;1-2/h6-12,14,21H,1,13H2,2-5H3;2-6H2,1H3;1-2H3/b15-11+,16-12+;;. The highest BCUT2D eigenvalue weighted by molar-refractivity contribution is 5.76. The molecule has 0 aromatic heterocycles. The van der Waals surface area contributed by atoms with E-state index in [1.165, 1.54) is 34.7 Å². The summed E-state index contributed by atoms with van der Waals surface area (Å²) in [6, 6.07) is 8.60. The van der Waals surface area contributed by atoms with Crippen LogP contribution in [0.15, 0.2) is 54.8 Å². The zero-order chi connectivity index (χ0) is 23.4. The summed E-state index contributed by atoms with van der Waals surface area (Å²) in [7, 11) is 2.13. The number of fused-ring (bicyclic) bond motifs is 1. The number of hydroxylamine groups is 2. The summed E-state index contributed by atoms with van der Waals surface area (Å²) < 4.78 is 5.22. The van der Waals surface area contributed by atoms with Gasteiger partial charge in [0, 0.05) is 19.7 Å². The van der Waals surface area contributed by atoms with Gasteiger partial charge >= 0.3 is 0 Å². The minimum atomic E-state index is 0.0277. The van der Waals surface area contributed by atoms with Crippen LogP contribution in [-0.2, 0) is 10.2 Å². The zero-order valence-corrected chi connectivity index (χ0v) is 20.8. The molecule has 1 aromatic rings. The van der Waals surface area contributed by atoms with E-state index in [0.29, 0.717) is 0 Å². The summed E-state index contributed by atoms with van der Waals surface area (Å²) in [6.45, 7) is 20.4. The van der Waals surface area contributed by atoms with E-state index in [-0.39, 0.29) is 11.5 Å². The minimum Gasteiger partial charge on any atom is -0.380 e. The van der Waals surface area contributed by atoms with E-state index in [0.717, 1.165) is 31.9 Å².